The highest BCUT2D eigenvalue weighted by Crippen LogP contribution is 2.46. The Morgan fingerprint density at radius 2 is 1.82 bits per heavy atom. The van der Waals surface area contributed by atoms with Crippen molar-refractivity contribution in [2.75, 3.05) is 0 Å². The van der Waals surface area contributed by atoms with Crippen molar-refractivity contribution in [2.45, 2.75) is 36.4 Å². The van der Waals surface area contributed by atoms with E-state index in [-0.39, 0.29) is 22.9 Å². The van der Waals surface area contributed by atoms with Crippen LogP contribution in [-0.2, 0) is 10.0 Å². The van der Waals surface area contributed by atoms with Crippen LogP contribution in [0.4, 0.5) is 13.2 Å². The maximum absolute atomic E-state index is 13.2. The van der Waals surface area contributed by atoms with Crippen molar-refractivity contribution in [1.29, 1.82) is 0 Å². The largest absolute Gasteiger partial charge is 0.393 e. The molecule has 0 bridgehead atoms. The fourth-order valence-corrected chi connectivity index (χ4v) is 4.61. The summed E-state index contributed by atoms with van der Waals surface area (Å²) in [6, 6.07) is 4.07. The molecule has 12 heteroatoms. The molecule has 1 N–H and O–H groups in total. The van der Waals surface area contributed by atoms with Gasteiger partial charge in [-0.1, -0.05) is 29.6 Å². The molecule has 1 aliphatic rings. The Bertz CT molecular complexity index is 991. The smallest absolute Gasteiger partial charge is 0.317 e. The molecule has 3 rings (SSSR count). The number of nitrogens with zero attached hydrogens (tertiary/aromatic N) is 2. The first-order valence-corrected chi connectivity index (χ1v) is 10.4. The highest BCUT2D eigenvalue weighted by molar-refractivity contribution is 7.90. The minimum atomic E-state index is -4.41. The van der Waals surface area contributed by atoms with E-state index in [1.165, 1.54) is 24.3 Å². The zero-order valence-electron chi connectivity index (χ0n) is 14.1. The van der Waals surface area contributed by atoms with Crippen LogP contribution in [0.25, 0.3) is 0 Å². The lowest BCUT2D eigenvalue weighted by Crippen LogP contribution is -2.31. The second kappa shape index (κ2) is 7.57. The molecule has 2 aromatic rings. The summed E-state index contributed by atoms with van der Waals surface area (Å²) in [7, 11) is -4.23. The molecule has 1 aliphatic carbocycles. The second-order valence-corrected chi connectivity index (χ2v) is 8.80. The molecule has 28 heavy (non-hydrogen) atoms. The summed E-state index contributed by atoms with van der Waals surface area (Å²) in [5.74, 6) is -2.74. The maximum atomic E-state index is 13.2. The molecule has 0 radical (unpaired) electrons. The van der Waals surface area contributed by atoms with E-state index >= 15 is 0 Å². The van der Waals surface area contributed by atoms with E-state index in [0.717, 1.165) is 10.9 Å². The van der Waals surface area contributed by atoms with E-state index in [9.17, 15) is 26.4 Å². The van der Waals surface area contributed by atoms with Crippen molar-refractivity contribution in [1.82, 2.24) is 14.3 Å². The molecule has 1 aromatic carbocycles. The van der Waals surface area contributed by atoms with E-state index in [1.54, 1.807) is 4.72 Å². The topological polar surface area (TPSA) is 81.1 Å². The summed E-state index contributed by atoms with van der Waals surface area (Å²) in [4.78, 5) is 15.8. The standard InChI is InChI=1S/C16H14Cl2F3N3O3S/c17-9-4-6-10(7-5-9)28(26,27)23-15(25)13-14(18)24(8-22-13)12-3-1-2-11(12)16(19,20)21/h4-8,11-12H,1-3H2,(H,23,25). The highest BCUT2D eigenvalue weighted by atomic mass is 35.5. The van der Waals surface area contributed by atoms with E-state index in [0.29, 0.717) is 11.4 Å². The number of imidazole rings is 1. The van der Waals surface area contributed by atoms with Crippen LogP contribution in [0.1, 0.15) is 35.8 Å². The quantitative estimate of drug-likeness (QED) is 0.748. The van der Waals surface area contributed by atoms with Crippen molar-refractivity contribution < 1.29 is 26.4 Å². The van der Waals surface area contributed by atoms with Gasteiger partial charge in [0, 0.05) is 11.1 Å². The predicted molar refractivity (Wildman–Crippen MR) is 95.8 cm³/mol. The van der Waals surface area contributed by atoms with Crippen molar-refractivity contribution in [3.63, 3.8) is 0 Å². The number of carbonyl (C=O) groups is 1. The van der Waals surface area contributed by atoms with E-state index in [1.807, 2.05) is 0 Å². The van der Waals surface area contributed by atoms with Gasteiger partial charge < -0.3 is 4.57 Å². The van der Waals surface area contributed by atoms with Gasteiger partial charge in [-0.3, -0.25) is 4.79 Å². The van der Waals surface area contributed by atoms with Gasteiger partial charge in [-0.25, -0.2) is 18.1 Å². The van der Waals surface area contributed by atoms with Crippen molar-refractivity contribution in [3.05, 3.63) is 46.5 Å². The van der Waals surface area contributed by atoms with Crippen molar-refractivity contribution in [3.8, 4) is 0 Å². The van der Waals surface area contributed by atoms with Crippen LogP contribution >= 0.6 is 23.2 Å². The lowest BCUT2D eigenvalue weighted by molar-refractivity contribution is -0.181. The van der Waals surface area contributed by atoms with Gasteiger partial charge in [-0.15, -0.1) is 0 Å². The summed E-state index contributed by atoms with van der Waals surface area (Å²) >= 11 is 11.8. The number of rotatable bonds is 4. The van der Waals surface area contributed by atoms with Crippen molar-refractivity contribution >= 4 is 39.1 Å². The molecule has 1 aromatic heterocycles. The number of benzene rings is 1. The average Bonchev–Trinajstić information content (AvgIpc) is 3.20. The molecule has 0 spiro atoms. The van der Waals surface area contributed by atoms with Crippen LogP contribution in [-0.4, -0.2) is 30.1 Å². The molecule has 1 amide bonds. The molecular weight excluding hydrogens is 442 g/mol. The van der Waals surface area contributed by atoms with Crippen LogP contribution < -0.4 is 4.72 Å². The lowest BCUT2D eigenvalue weighted by Gasteiger charge is -2.24. The Balaban J connectivity index is 1.83. The number of amides is 1. The third kappa shape index (κ3) is 4.13. The molecule has 1 fully saturated rings. The van der Waals surface area contributed by atoms with Gasteiger partial charge in [0.25, 0.3) is 15.9 Å². The maximum Gasteiger partial charge on any atom is 0.393 e. The van der Waals surface area contributed by atoms with Crippen LogP contribution in [0.15, 0.2) is 35.5 Å². The van der Waals surface area contributed by atoms with Crippen LogP contribution in [0, 0.1) is 5.92 Å². The number of carbonyl (C=O) groups excluding carboxylic acids is 1. The normalized spacial score (nSPS) is 20.3. The zero-order valence-corrected chi connectivity index (χ0v) is 16.4. The van der Waals surface area contributed by atoms with Gasteiger partial charge in [-0.05, 0) is 37.1 Å². The number of nitrogens with one attached hydrogen (secondary N) is 1. The van der Waals surface area contributed by atoms with Crippen LogP contribution in [0.5, 0.6) is 0 Å². The number of alkyl halides is 3. The summed E-state index contributed by atoms with van der Waals surface area (Å²) in [6.45, 7) is 0. The minimum Gasteiger partial charge on any atom is -0.317 e. The fraction of sp³-hybridized carbons (Fsp3) is 0.375. The Morgan fingerprint density at radius 1 is 1.18 bits per heavy atom. The first-order valence-electron chi connectivity index (χ1n) is 8.12. The van der Waals surface area contributed by atoms with Gasteiger partial charge in [0.05, 0.1) is 17.1 Å². The first-order chi connectivity index (χ1) is 13.0. The van der Waals surface area contributed by atoms with E-state index in [2.05, 4.69) is 4.98 Å². The first kappa shape index (κ1) is 20.9. The SMILES string of the molecule is O=C(NS(=O)(=O)c1ccc(Cl)cc1)c1ncn(C2CCCC2C(F)(F)F)c1Cl. The molecular formula is C16H14Cl2F3N3O3S. The molecule has 2 unspecified atom stereocenters. The van der Waals surface area contributed by atoms with Gasteiger partial charge in [0.1, 0.15) is 5.15 Å². The molecule has 0 saturated heterocycles. The molecule has 6 nitrogen and oxygen atoms in total. The van der Waals surface area contributed by atoms with Gasteiger partial charge >= 0.3 is 6.18 Å². The molecule has 2 atom stereocenters. The number of halogens is 5. The van der Waals surface area contributed by atoms with E-state index in [4.69, 9.17) is 23.2 Å². The van der Waals surface area contributed by atoms with Gasteiger partial charge in [-0.2, -0.15) is 13.2 Å². The summed E-state index contributed by atoms with van der Waals surface area (Å²) in [5.41, 5.74) is -0.466. The van der Waals surface area contributed by atoms with Crippen LogP contribution in [0.3, 0.4) is 0 Å². The Morgan fingerprint density at radius 3 is 2.43 bits per heavy atom. The number of hydrogen-bond donors (Lipinski definition) is 1. The van der Waals surface area contributed by atoms with E-state index < -0.39 is 39.8 Å². The number of sulfonamides is 1. The number of hydrogen-bond acceptors (Lipinski definition) is 4. The fourth-order valence-electron chi connectivity index (χ4n) is 3.23. The van der Waals surface area contributed by atoms with Gasteiger partial charge in [0.15, 0.2) is 5.69 Å². The zero-order chi connectivity index (χ0) is 20.7. The minimum absolute atomic E-state index is 0.0465. The molecule has 1 heterocycles. The van der Waals surface area contributed by atoms with Crippen LogP contribution in [0.2, 0.25) is 10.2 Å². The lowest BCUT2D eigenvalue weighted by atomic mass is 10.0. The highest BCUT2D eigenvalue weighted by Gasteiger charge is 2.48. The summed E-state index contributed by atoms with van der Waals surface area (Å²) in [5, 5.41) is -0.0344. The summed E-state index contributed by atoms with van der Waals surface area (Å²) < 4.78 is 67.0. The third-order valence-electron chi connectivity index (χ3n) is 4.56. The Hall–Kier alpha value is -1.78. The second-order valence-electron chi connectivity index (χ2n) is 6.33. The Labute approximate surface area is 168 Å². The molecule has 152 valence electrons. The predicted octanol–water partition coefficient (Wildman–Crippen LogP) is 4.21. The molecule has 1 saturated carbocycles. The molecule has 0 aliphatic heterocycles. The van der Waals surface area contributed by atoms with Crippen molar-refractivity contribution in [2.24, 2.45) is 5.92 Å². The number of aromatic nitrogens is 2. The summed E-state index contributed by atoms with van der Waals surface area (Å²) in [6.07, 6.45) is -2.84. The van der Waals surface area contributed by atoms with Gasteiger partial charge in [0.2, 0.25) is 0 Å². The Kier molecular flexibility index (Phi) is 5.66. The monoisotopic (exact) mass is 455 g/mol. The average molecular weight is 456 g/mol. The third-order valence-corrected chi connectivity index (χ3v) is 6.53.